The number of anilines is 1. The summed E-state index contributed by atoms with van der Waals surface area (Å²) in [7, 11) is 0. The van der Waals surface area contributed by atoms with Gasteiger partial charge in [-0.2, -0.15) is 0 Å². The van der Waals surface area contributed by atoms with Crippen LogP contribution in [-0.2, 0) is 4.79 Å². The third-order valence-electron chi connectivity index (χ3n) is 2.88. The molecule has 0 fully saturated rings. The minimum absolute atomic E-state index is 0.130. The van der Waals surface area contributed by atoms with Crippen LogP contribution in [0.4, 0.5) is 14.5 Å². The van der Waals surface area contributed by atoms with E-state index in [0.717, 1.165) is 23.8 Å². The quantitative estimate of drug-likeness (QED) is 0.887. The molecule has 110 valence electrons. The zero-order valence-corrected chi connectivity index (χ0v) is 12.3. The average Bonchev–Trinajstić information content (AvgIpc) is 2.44. The molecule has 2 aromatic carbocycles. The highest BCUT2D eigenvalue weighted by Crippen LogP contribution is 2.27. The Morgan fingerprint density at radius 2 is 1.76 bits per heavy atom. The number of hydrogen-bond acceptors (Lipinski definition) is 2. The van der Waals surface area contributed by atoms with E-state index < -0.39 is 11.6 Å². The fraction of sp³-hybridized carbons (Fsp3) is 0.188. The molecule has 0 saturated carbocycles. The second-order valence-corrected chi connectivity index (χ2v) is 5.90. The molecule has 0 aliphatic heterocycles. The third kappa shape index (κ3) is 4.86. The molecule has 0 heterocycles. The van der Waals surface area contributed by atoms with E-state index in [1.807, 2.05) is 37.3 Å². The summed E-state index contributed by atoms with van der Waals surface area (Å²) in [5.74, 6) is -1.49. The van der Waals surface area contributed by atoms with Crippen molar-refractivity contribution in [1.82, 2.24) is 0 Å². The number of thioether (sulfide) groups is 1. The minimum atomic E-state index is -0.712. The first kappa shape index (κ1) is 15.5. The van der Waals surface area contributed by atoms with E-state index in [4.69, 9.17) is 0 Å². The zero-order chi connectivity index (χ0) is 15.2. The number of halogens is 2. The second-order valence-electron chi connectivity index (χ2n) is 4.57. The van der Waals surface area contributed by atoms with Crippen LogP contribution in [0.25, 0.3) is 0 Å². The molecule has 1 unspecified atom stereocenters. The topological polar surface area (TPSA) is 29.1 Å². The standard InChI is InChI=1S/C16H15F2NOS/c1-11(12-5-3-2-4-6-12)21-10-16(20)19-15-8-13(17)7-14(18)9-15/h2-9,11H,10H2,1H3,(H,19,20). The lowest BCUT2D eigenvalue weighted by atomic mass is 10.2. The highest BCUT2D eigenvalue weighted by Gasteiger charge is 2.10. The molecule has 0 aliphatic carbocycles. The van der Waals surface area contributed by atoms with Crippen LogP contribution in [-0.4, -0.2) is 11.7 Å². The molecule has 2 aromatic rings. The lowest BCUT2D eigenvalue weighted by molar-refractivity contribution is -0.113. The van der Waals surface area contributed by atoms with E-state index in [1.165, 1.54) is 11.8 Å². The third-order valence-corrected chi connectivity index (χ3v) is 4.08. The minimum Gasteiger partial charge on any atom is -0.325 e. The Morgan fingerprint density at radius 1 is 1.14 bits per heavy atom. The van der Waals surface area contributed by atoms with Crippen LogP contribution in [0.2, 0.25) is 0 Å². The lowest BCUT2D eigenvalue weighted by Crippen LogP contribution is -2.15. The predicted molar refractivity (Wildman–Crippen MR) is 82.3 cm³/mol. The molecule has 1 amide bonds. The Morgan fingerprint density at radius 3 is 2.38 bits per heavy atom. The van der Waals surface area contributed by atoms with Crippen molar-refractivity contribution in [3.8, 4) is 0 Å². The van der Waals surface area contributed by atoms with Crippen LogP contribution in [0.5, 0.6) is 0 Å². The predicted octanol–water partition coefficient (Wildman–Crippen LogP) is 4.40. The summed E-state index contributed by atoms with van der Waals surface area (Å²) in [4.78, 5) is 11.8. The van der Waals surface area contributed by atoms with Crippen molar-refractivity contribution < 1.29 is 13.6 Å². The summed E-state index contributed by atoms with van der Waals surface area (Å²) in [6.45, 7) is 2.01. The van der Waals surface area contributed by atoms with Crippen molar-refractivity contribution in [3.05, 3.63) is 65.7 Å². The first-order chi connectivity index (χ1) is 10.0. The maximum atomic E-state index is 13.0. The van der Waals surface area contributed by atoms with Crippen LogP contribution in [0.3, 0.4) is 0 Å². The van der Waals surface area contributed by atoms with Gasteiger partial charge in [0.25, 0.3) is 0 Å². The average molecular weight is 307 g/mol. The van der Waals surface area contributed by atoms with Crippen LogP contribution in [0.1, 0.15) is 17.7 Å². The van der Waals surface area contributed by atoms with Gasteiger partial charge in [0.2, 0.25) is 5.91 Å². The molecule has 1 atom stereocenters. The maximum Gasteiger partial charge on any atom is 0.234 e. The summed E-state index contributed by atoms with van der Waals surface area (Å²) in [5, 5.41) is 2.66. The van der Waals surface area contributed by atoms with Gasteiger partial charge in [-0.05, 0) is 24.6 Å². The fourth-order valence-corrected chi connectivity index (χ4v) is 2.67. The number of rotatable bonds is 5. The largest absolute Gasteiger partial charge is 0.325 e. The van der Waals surface area contributed by atoms with Crippen molar-refractivity contribution in [2.24, 2.45) is 0 Å². The summed E-state index contributed by atoms with van der Waals surface area (Å²) >= 11 is 1.47. The highest BCUT2D eigenvalue weighted by atomic mass is 32.2. The van der Waals surface area contributed by atoms with E-state index in [-0.39, 0.29) is 22.6 Å². The number of carbonyl (C=O) groups is 1. The van der Waals surface area contributed by atoms with Crippen molar-refractivity contribution in [2.75, 3.05) is 11.1 Å². The lowest BCUT2D eigenvalue weighted by Gasteiger charge is -2.11. The van der Waals surface area contributed by atoms with E-state index in [1.54, 1.807) is 0 Å². The number of carbonyl (C=O) groups excluding carboxylic acids is 1. The van der Waals surface area contributed by atoms with Crippen molar-refractivity contribution in [1.29, 1.82) is 0 Å². The van der Waals surface area contributed by atoms with Gasteiger partial charge in [0.1, 0.15) is 11.6 Å². The Kier molecular flexibility index (Phi) is 5.33. The molecule has 2 rings (SSSR count). The maximum absolute atomic E-state index is 13.0. The zero-order valence-electron chi connectivity index (χ0n) is 11.5. The van der Waals surface area contributed by atoms with Gasteiger partial charge in [-0.15, -0.1) is 11.8 Å². The Balaban J connectivity index is 1.87. The number of amides is 1. The van der Waals surface area contributed by atoms with Crippen molar-refractivity contribution in [3.63, 3.8) is 0 Å². The van der Waals surface area contributed by atoms with E-state index in [0.29, 0.717) is 0 Å². The Hall–Kier alpha value is -1.88. The summed E-state index contributed by atoms with van der Waals surface area (Å²) in [6, 6.07) is 12.8. The summed E-state index contributed by atoms with van der Waals surface area (Å²) in [5.41, 5.74) is 1.26. The second kappa shape index (κ2) is 7.22. The molecular weight excluding hydrogens is 292 g/mol. The molecule has 0 spiro atoms. The van der Waals surface area contributed by atoms with Gasteiger partial charge >= 0.3 is 0 Å². The van der Waals surface area contributed by atoms with E-state index in [2.05, 4.69) is 5.32 Å². The summed E-state index contributed by atoms with van der Waals surface area (Å²) in [6.07, 6.45) is 0. The van der Waals surface area contributed by atoms with Crippen LogP contribution in [0.15, 0.2) is 48.5 Å². The molecule has 0 aliphatic rings. The first-order valence-corrected chi connectivity index (χ1v) is 7.52. The molecule has 5 heteroatoms. The molecule has 21 heavy (non-hydrogen) atoms. The monoisotopic (exact) mass is 307 g/mol. The van der Waals surface area contributed by atoms with Crippen LogP contribution < -0.4 is 5.32 Å². The van der Waals surface area contributed by atoms with Crippen molar-refractivity contribution >= 4 is 23.4 Å². The number of benzene rings is 2. The molecule has 0 bridgehead atoms. The van der Waals surface area contributed by atoms with Gasteiger partial charge in [-0.3, -0.25) is 4.79 Å². The SMILES string of the molecule is CC(SCC(=O)Nc1cc(F)cc(F)c1)c1ccccc1. The van der Waals surface area contributed by atoms with Gasteiger partial charge in [0.15, 0.2) is 0 Å². The molecule has 2 nitrogen and oxygen atoms in total. The Bertz CT molecular complexity index is 599. The van der Waals surface area contributed by atoms with E-state index >= 15 is 0 Å². The summed E-state index contributed by atoms with van der Waals surface area (Å²) < 4.78 is 26.0. The Labute approximate surface area is 126 Å². The molecule has 0 aromatic heterocycles. The fourth-order valence-electron chi connectivity index (χ4n) is 1.84. The smallest absolute Gasteiger partial charge is 0.234 e. The van der Waals surface area contributed by atoms with Gasteiger partial charge < -0.3 is 5.32 Å². The van der Waals surface area contributed by atoms with Crippen LogP contribution in [0, 0.1) is 11.6 Å². The van der Waals surface area contributed by atoms with Crippen LogP contribution >= 0.6 is 11.8 Å². The number of nitrogens with one attached hydrogen (secondary N) is 1. The van der Waals surface area contributed by atoms with Gasteiger partial charge in [0, 0.05) is 17.0 Å². The van der Waals surface area contributed by atoms with Crippen molar-refractivity contribution in [2.45, 2.75) is 12.2 Å². The molecular formula is C16H15F2NOS. The van der Waals surface area contributed by atoms with Gasteiger partial charge in [-0.1, -0.05) is 30.3 Å². The number of hydrogen-bond donors (Lipinski definition) is 1. The van der Waals surface area contributed by atoms with Gasteiger partial charge in [0.05, 0.1) is 5.75 Å². The normalized spacial score (nSPS) is 12.0. The van der Waals surface area contributed by atoms with Gasteiger partial charge in [-0.25, -0.2) is 8.78 Å². The molecule has 0 saturated heterocycles. The molecule has 1 N–H and O–H groups in total. The van der Waals surface area contributed by atoms with E-state index in [9.17, 15) is 13.6 Å². The first-order valence-electron chi connectivity index (χ1n) is 6.47. The highest BCUT2D eigenvalue weighted by molar-refractivity contribution is 8.00. The molecule has 0 radical (unpaired) electrons.